The number of hydrogen-bond acceptors (Lipinski definition) is 2. The second-order valence-electron chi connectivity index (χ2n) is 2.55. The number of halogens is 1. The molecule has 1 rings (SSSR count). The summed E-state index contributed by atoms with van der Waals surface area (Å²) < 4.78 is 0. The van der Waals surface area contributed by atoms with Crippen molar-refractivity contribution >= 4 is 28.8 Å². The maximum Gasteiger partial charge on any atom is 0.225 e. The van der Waals surface area contributed by atoms with Crippen molar-refractivity contribution in [3.8, 4) is 0 Å². The van der Waals surface area contributed by atoms with Crippen LogP contribution < -0.4 is 5.32 Å². The molecule has 0 radical (unpaired) electrons. The Bertz CT molecular complexity index is 295. The van der Waals surface area contributed by atoms with E-state index in [1.807, 2.05) is 17.5 Å². The largest absolute Gasteiger partial charge is 0.351 e. The molecule has 1 amide bonds. The summed E-state index contributed by atoms with van der Waals surface area (Å²) in [6.07, 6.45) is 0.418. The van der Waals surface area contributed by atoms with Gasteiger partial charge in [0, 0.05) is 9.91 Å². The minimum atomic E-state index is -0.0238. The van der Waals surface area contributed by atoms with Crippen molar-refractivity contribution in [3.05, 3.63) is 34.0 Å². The average molecular weight is 216 g/mol. The van der Waals surface area contributed by atoms with Crippen LogP contribution in [0.3, 0.4) is 0 Å². The Morgan fingerprint density at radius 3 is 3.00 bits per heavy atom. The van der Waals surface area contributed by atoms with Gasteiger partial charge < -0.3 is 5.32 Å². The summed E-state index contributed by atoms with van der Waals surface area (Å²) in [4.78, 5) is 12.3. The normalized spacial score (nSPS) is 9.62. The second kappa shape index (κ2) is 5.04. The van der Waals surface area contributed by atoms with E-state index in [0.29, 0.717) is 18.0 Å². The molecule has 0 atom stereocenters. The number of hydrogen-bond donors (Lipinski definition) is 1. The van der Waals surface area contributed by atoms with Gasteiger partial charge in [-0.1, -0.05) is 24.2 Å². The fourth-order valence-corrected chi connectivity index (χ4v) is 1.60. The molecule has 70 valence electrons. The Morgan fingerprint density at radius 1 is 1.69 bits per heavy atom. The number of nitrogens with one attached hydrogen (secondary N) is 1. The van der Waals surface area contributed by atoms with Gasteiger partial charge in [-0.15, -0.1) is 11.3 Å². The standard InChI is InChI=1S/C9H10ClNOS/c1-7(10)6-11-9(12)5-8-3-2-4-13-8/h2-4H,1,5-6H2,(H,11,12). The molecule has 0 fully saturated rings. The first-order chi connectivity index (χ1) is 6.18. The van der Waals surface area contributed by atoms with Crippen molar-refractivity contribution in [1.29, 1.82) is 0 Å². The topological polar surface area (TPSA) is 29.1 Å². The number of rotatable bonds is 4. The first kappa shape index (κ1) is 10.3. The summed E-state index contributed by atoms with van der Waals surface area (Å²) in [5, 5.41) is 5.05. The van der Waals surface area contributed by atoms with E-state index >= 15 is 0 Å². The van der Waals surface area contributed by atoms with Crippen molar-refractivity contribution in [2.45, 2.75) is 6.42 Å². The molecule has 0 spiro atoms. The Hall–Kier alpha value is -0.800. The van der Waals surface area contributed by atoms with E-state index < -0.39 is 0 Å². The highest BCUT2D eigenvalue weighted by Gasteiger charge is 2.02. The summed E-state index contributed by atoms with van der Waals surface area (Å²) in [6, 6.07) is 3.85. The van der Waals surface area contributed by atoms with Gasteiger partial charge in [-0.05, 0) is 11.4 Å². The molecule has 1 aromatic rings. The first-order valence-electron chi connectivity index (χ1n) is 3.81. The van der Waals surface area contributed by atoms with Crippen LogP contribution in [0.1, 0.15) is 4.88 Å². The van der Waals surface area contributed by atoms with Crippen molar-refractivity contribution in [2.24, 2.45) is 0 Å². The van der Waals surface area contributed by atoms with Crippen molar-refractivity contribution < 1.29 is 4.79 Å². The quantitative estimate of drug-likeness (QED) is 0.820. The van der Waals surface area contributed by atoms with Gasteiger partial charge in [0.15, 0.2) is 0 Å². The van der Waals surface area contributed by atoms with Crippen LogP contribution in [0.5, 0.6) is 0 Å². The third kappa shape index (κ3) is 4.10. The summed E-state index contributed by atoms with van der Waals surface area (Å²) >= 11 is 7.07. The minimum Gasteiger partial charge on any atom is -0.351 e. The molecular formula is C9H10ClNOS. The lowest BCUT2D eigenvalue weighted by molar-refractivity contribution is -0.120. The van der Waals surface area contributed by atoms with Gasteiger partial charge >= 0.3 is 0 Å². The molecule has 0 aliphatic carbocycles. The molecule has 0 unspecified atom stereocenters. The maximum absolute atomic E-state index is 11.2. The molecule has 0 aromatic carbocycles. The first-order valence-corrected chi connectivity index (χ1v) is 5.06. The average Bonchev–Trinajstić information content (AvgIpc) is 2.53. The van der Waals surface area contributed by atoms with E-state index in [1.54, 1.807) is 11.3 Å². The van der Waals surface area contributed by atoms with Gasteiger partial charge in [-0.3, -0.25) is 4.79 Å². The Morgan fingerprint density at radius 2 is 2.46 bits per heavy atom. The molecular weight excluding hydrogens is 206 g/mol. The van der Waals surface area contributed by atoms with Crippen LogP contribution in [0.15, 0.2) is 29.1 Å². The molecule has 1 N–H and O–H groups in total. The van der Waals surface area contributed by atoms with Crippen LogP contribution in [-0.2, 0) is 11.2 Å². The van der Waals surface area contributed by atoms with Gasteiger partial charge in [0.05, 0.1) is 13.0 Å². The summed E-state index contributed by atoms with van der Waals surface area (Å²) in [5.74, 6) is -0.0238. The molecule has 13 heavy (non-hydrogen) atoms. The van der Waals surface area contributed by atoms with Crippen LogP contribution >= 0.6 is 22.9 Å². The van der Waals surface area contributed by atoms with E-state index in [1.165, 1.54) is 0 Å². The van der Waals surface area contributed by atoms with Crippen molar-refractivity contribution in [3.63, 3.8) is 0 Å². The van der Waals surface area contributed by atoms with Gasteiger partial charge in [0.2, 0.25) is 5.91 Å². The number of thiophene rings is 1. The lowest BCUT2D eigenvalue weighted by Crippen LogP contribution is -2.25. The fourth-order valence-electron chi connectivity index (χ4n) is 0.828. The highest BCUT2D eigenvalue weighted by molar-refractivity contribution is 7.10. The van der Waals surface area contributed by atoms with Gasteiger partial charge in [-0.25, -0.2) is 0 Å². The zero-order valence-electron chi connectivity index (χ0n) is 7.05. The van der Waals surface area contributed by atoms with E-state index in [9.17, 15) is 4.79 Å². The van der Waals surface area contributed by atoms with Crippen LogP contribution in [0.2, 0.25) is 0 Å². The van der Waals surface area contributed by atoms with E-state index in [-0.39, 0.29) is 5.91 Å². The van der Waals surface area contributed by atoms with Gasteiger partial charge in [0.25, 0.3) is 0 Å². The Balaban J connectivity index is 2.30. The molecule has 0 bridgehead atoms. The lowest BCUT2D eigenvalue weighted by Gasteiger charge is -2.01. The zero-order valence-corrected chi connectivity index (χ0v) is 8.62. The smallest absolute Gasteiger partial charge is 0.225 e. The maximum atomic E-state index is 11.2. The minimum absolute atomic E-state index is 0.0238. The van der Waals surface area contributed by atoms with Crippen LogP contribution in [-0.4, -0.2) is 12.5 Å². The summed E-state index contributed by atoms with van der Waals surface area (Å²) in [7, 11) is 0. The molecule has 0 saturated carbocycles. The zero-order chi connectivity index (χ0) is 9.68. The highest BCUT2D eigenvalue weighted by Crippen LogP contribution is 2.08. The molecule has 0 saturated heterocycles. The molecule has 0 aliphatic heterocycles. The van der Waals surface area contributed by atoms with E-state index in [4.69, 9.17) is 11.6 Å². The SMILES string of the molecule is C=C(Cl)CNC(=O)Cc1cccs1. The molecule has 2 nitrogen and oxygen atoms in total. The predicted molar refractivity (Wildman–Crippen MR) is 56.0 cm³/mol. The van der Waals surface area contributed by atoms with Crippen molar-refractivity contribution in [2.75, 3.05) is 6.54 Å². The molecule has 1 aromatic heterocycles. The Labute approximate surface area is 86.2 Å². The third-order valence-electron chi connectivity index (χ3n) is 1.39. The van der Waals surface area contributed by atoms with Crippen LogP contribution in [0.25, 0.3) is 0 Å². The summed E-state index contributed by atoms with van der Waals surface area (Å²) in [5.41, 5.74) is 0. The predicted octanol–water partition coefficient (Wildman–Crippen LogP) is 2.16. The third-order valence-corrected chi connectivity index (χ3v) is 2.40. The highest BCUT2D eigenvalue weighted by atomic mass is 35.5. The number of carbonyl (C=O) groups excluding carboxylic acids is 1. The van der Waals surface area contributed by atoms with Gasteiger partial charge in [-0.2, -0.15) is 0 Å². The van der Waals surface area contributed by atoms with Crippen LogP contribution in [0, 0.1) is 0 Å². The summed E-state index contributed by atoms with van der Waals surface area (Å²) in [6.45, 7) is 3.82. The van der Waals surface area contributed by atoms with E-state index in [0.717, 1.165) is 4.88 Å². The fraction of sp³-hybridized carbons (Fsp3) is 0.222. The second-order valence-corrected chi connectivity index (χ2v) is 4.12. The van der Waals surface area contributed by atoms with Crippen molar-refractivity contribution in [1.82, 2.24) is 5.32 Å². The van der Waals surface area contributed by atoms with E-state index in [2.05, 4.69) is 11.9 Å². The molecule has 4 heteroatoms. The monoisotopic (exact) mass is 215 g/mol. The Kier molecular flexibility index (Phi) is 3.99. The number of carbonyl (C=O) groups is 1. The van der Waals surface area contributed by atoms with Crippen LogP contribution in [0.4, 0.5) is 0 Å². The lowest BCUT2D eigenvalue weighted by atomic mass is 10.3. The van der Waals surface area contributed by atoms with Gasteiger partial charge in [0.1, 0.15) is 0 Å². The number of amides is 1. The molecule has 1 heterocycles. The molecule has 0 aliphatic rings.